The number of anilines is 1. The van der Waals surface area contributed by atoms with Gasteiger partial charge in [0.05, 0.1) is 12.2 Å². The lowest BCUT2D eigenvalue weighted by Crippen LogP contribution is -2.28. The van der Waals surface area contributed by atoms with Crippen LogP contribution in [0.4, 0.5) is 14.6 Å². The van der Waals surface area contributed by atoms with Crippen LogP contribution in [0.2, 0.25) is 0 Å². The Morgan fingerprint density at radius 3 is 2.83 bits per heavy atom. The number of rotatable bonds is 4. The molecule has 1 amide bonds. The van der Waals surface area contributed by atoms with E-state index in [0.717, 1.165) is 10.2 Å². The summed E-state index contributed by atoms with van der Waals surface area (Å²) in [4.78, 5) is 16.3. The molecule has 3 rings (SSSR count). The molecule has 1 aliphatic rings. The summed E-state index contributed by atoms with van der Waals surface area (Å²) >= 11 is 0. The number of carbonyl (C=O) groups is 1. The van der Waals surface area contributed by atoms with Crippen molar-refractivity contribution >= 4 is 17.4 Å². The molecule has 0 fully saturated rings. The van der Waals surface area contributed by atoms with Crippen molar-refractivity contribution in [1.29, 1.82) is 0 Å². The quantitative estimate of drug-likeness (QED) is 0.907. The number of hydrogen-bond acceptors (Lipinski definition) is 4. The van der Waals surface area contributed by atoms with Gasteiger partial charge in [-0.25, -0.2) is 13.5 Å². The smallest absolute Gasteiger partial charge is 0.280 e. The van der Waals surface area contributed by atoms with E-state index in [0.29, 0.717) is 0 Å². The normalized spacial score (nSPS) is 14.7. The molecular formula is C15H15F2N5O. The maximum absolute atomic E-state index is 13.0. The number of carbonyl (C=O) groups excluding carboxylic acids is 1. The summed E-state index contributed by atoms with van der Waals surface area (Å²) in [6, 6.07) is 3.36. The monoisotopic (exact) mass is 319 g/mol. The lowest BCUT2D eigenvalue weighted by atomic mass is 10.1. The number of allylic oxidation sites excluding steroid dienone is 1. The van der Waals surface area contributed by atoms with Crippen molar-refractivity contribution in [2.45, 2.75) is 19.4 Å². The highest BCUT2D eigenvalue weighted by atomic mass is 19.3. The number of nitrogens with zero attached hydrogens (tertiary/aromatic N) is 3. The second-order valence-electron chi connectivity index (χ2n) is 5.10. The Labute approximate surface area is 131 Å². The Morgan fingerprint density at radius 2 is 2.13 bits per heavy atom. The summed E-state index contributed by atoms with van der Waals surface area (Å²) < 4.78 is 27.0. The van der Waals surface area contributed by atoms with E-state index in [1.165, 1.54) is 12.3 Å². The molecule has 0 saturated heterocycles. The summed E-state index contributed by atoms with van der Waals surface area (Å²) in [5.74, 6) is -0.0965. The molecule has 0 spiro atoms. The molecular weight excluding hydrogens is 304 g/mol. The predicted molar refractivity (Wildman–Crippen MR) is 81.1 cm³/mol. The lowest BCUT2D eigenvalue weighted by Gasteiger charge is -2.19. The van der Waals surface area contributed by atoms with Crippen LogP contribution < -0.4 is 10.6 Å². The van der Waals surface area contributed by atoms with Crippen LogP contribution in [0.3, 0.4) is 0 Å². The van der Waals surface area contributed by atoms with E-state index in [-0.39, 0.29) is 35.6 Å². The third-order valence-electron chi connectivity index (χ3n) is 3.62. The number of aromatic nitrogens is 3. The predicted octanol–water partition coefficient (Wildman–Crippen LogP) is 2.30. The first-order valence-electron chi connectivity index (χ1n) is 7.09. The molecule has 3 heterocycles. The van der Waals surface area contributed by atoms with Crippen molar-refractivity contribution in [2.24, 2.45) is 0 Å². The maximum atomic E-state index is 13.0. The van der Waals surface area contributed by atoms with Crippen molar-refractivity contribution in [3.05, 3.63) is 47.9 Å². The first-order valence-corrected chi connectivity index (χ1v) is 7.09. The Bertz CT molecular complexity index is 742. The van der Waals surface area contributed by atoms with Crippen molar-refractivity contribution in [3.63, 3.8) is 0 Å². The van der Waals surface area contributed by atoms with E-state index >= 15 is 0 Å². The number of nitrogens with one attached hydrogen (secondary N) is 2. The fraction of sp³-hybridized carbons (Fsp3) is 0.267. The van der Waals surface area contributed by atoms with Gasteiger partial charge in [0.15, 0.2) is 0 Å². The summed E-state index contributed by atoms with van der Waals surface area (Å²) in [6.45, 7) is 2.06. The summed E-state index contributed by atoms with van der Waals surface area (Å²) in [5, 5.41) is 9.63. The highest BCUT2D eigenvalue weighted by Gasteiger charge is 2.26. The number of hydrogen-bond donors (Lipinski definition) is 2. The second kappa shape index (κ2) is 6.15. The Hall–Kier alpha value is -2.77. The van der Waals surface area contributed by atoms with Gasteiger partial charge in [-0.3, -0.25) is 9.78 Å². The van der Waals surface area contributed by atoms with Crippen molar-refractivity contribution < 1.29 is 13.6 Å². The van der Waals surface area contributed by atoms with Gasteiger partial charge in [-0.15, -0.1) is 0 Å². The van der Waals surface area contributed by atoms with E-state index in [4.69, 9.17) is 0 Å². The van der Waals surface area contributed by atoms with E-state index < -0.39 is 6.43 Å². The molecule has 0 bridgehead atoms. The average Bonchev–Trinajstić information content (AvgIpc) is 2.99. The fourth-order valence-corrected chi connectivity index (χ4v) is 2.41. The number of fused-ring (bicyclic) bond motifs is 1. The van der Waals surface area contributed by atoms with E-state index in [1.807, 2.05) is 6.92 Å². The minimum atomic E-state index is -2.65. The van der Waals surface area contributed by atoms with Crippen LogP contribution in [0.1, 0.15) is 28.9 Å². The van der Waals surface area contributed by atoms with Gasteiger partial charge in [0, 0.05) is 18.9 Å². The van der Waals surface area contributed by atoms with Gasteiger partial charge in [-0.1, -0.05) is 0 Å². The molecule has 2 aromatic heterocycles. The molecule has 0 aromatic carbocycles. The fourth-order valence-electron chi connectivity index (χ4n) is 2.41. The molecule has 8 heteroatoms. The van der Waals surface area contributed by atoms with Gasteiger partial charge in [0.2, 0.25) is 0 Å². The first-order chi connectivity index (χ1) is 11.1. The minimum absolute atomic E-state index is 0.222. The number of amides is 1. The van der Waals surface area contributed by atoms with Gasteiger partial charge >= 0.3 is 0 Å². The van der Waals surface area contributed by atoms with Crippen LogP contribution in [0.15, 0.2) is 36.8 Å². The van der Waals surface area contributed by atoms with Gasteiger partial charge in [-0.2, -0.15) is 5.10 Å². The minimum Gasteiger partial charge on any atom is -0.366 e. The molecule has 1 atom stereocenters. The summed E-state index contributed by atoms with van der Waals surface area (Å²) in [6.07, 6.45) is 3.27. The van der Waals surface area contributed by atoms with Gasteiger partial charge in [-0.05, 0) is 30.7 Å². The first kappa shape index (κ1) is 15.1. The summed E-state index contributed by atoms with van der Waals surface area (Å²) in [5.41, 5.74) is 0.910. The molecule has 1 unspecified atom stereocenters. The zero-order chi connectivity index (χ0) is 16.4. The van der Waals surface area contributed by atoms with Gasteiger partial charge in [0.25, 0.3) is 12.3 Å². The topological polar surface area (TPSA) is 71.8 Å². The average molecular weight is 319 g/mol. The molecule has 6 nitrogen and oxygen atoms in total. The van der Waals surface area contributed by atoms with E-state index in [9.17, 15) is 13.6 Å². The third-order valence-corrected chi connectivity index (χ3v) is 3.62. The van der Waals surface area contributed by atoms with Crippen LogP contribution in [-0.4, -0.2) is 33.6 Å². The summed E-state index contributed by atoms with van der Waals surface area (Å²) in [7, 11) is 0. The molecule has 120 valence electrons. The van der Waals surface area contributed by atoms with Crippen LogP contribution in [0.5, 0.6) is 0 Å². The molecule has 0 aliphatic carbocycles. The number of alkyl halides is 2. The standard InChI is InChI=1S/C15H15F2N5O/c1-9(10-2-5-18-6-3-10)21-15(23)11-8-20-22-12(13(16)17)4-7-19-14(11)22/h2-6,8-9,13,19H,7H2,1H3,(H,21,23). The third kappa shape index (κ3) is 2.92. The second-order valence-corrected chi connectivity index (χ2v) is 5.10. The van der Waals surface area contributed by atoms with Gasteiger partial charge < -0.3 is 10.6 Å². The number of halogens is 2. The van der Waals surface area contributed by atoms with Crippen molar-refractivity contribution in [3.8, 4) is 0 Å². The van der Waals surface area contributed by atoms with Gasteiger partial charge in [0.1, 0.15) is 17.1 Å². The van der Waals surface area contributed by atoms with E-state index in [1.54, 1.807) is 24.5 Å². The Morgan fingerprint density at radius 1 is 1.39 bits per heavy atom. The SMILES string of the molecule is CC(NC(=O)c1cnn2c1NCC=C2C(F)F)c1ccncc1. The molecule has 2 N–H and O–H groups in total. The Balaban J connectivity index is 1.81. The lowest BCUT2D eigenvalue weighted by molar-refractivity contribution is 0.0940. The molecule has 2 aromatic rings. The zero-order valence-corrected chi connectivity index (χ0v) is 12.3. The molecule has 1 aliphatic heterocycles. The van der Waals surface area contributed by atoms with Crippen LogP contribution in [0, 0.1) is 0 Å². The largest absolute Gasteiger partial charge is 0.366 e. The number of pyridine rings is 1. The van der Waals surface area contributed by atoms with E-state index in [2.05, 4.69) is 20.7 Å². The zero-order valence-electron chi connectivity index (χ0n) is 12.3. The highest BCUT2D eigenvalue weighted by Crippen LogP contribution is 2.26. The maximum Gasteiger partial charge on any atom is 0.280 e. The molecule has 23 heavy (non-hydrogen) atoms. The molecule has 0 radical (unpaired) electrons. The van der Waals surface area contributed by atoms with Crippen molar-refractivity contribution in [2.75, 3.05) is 11.9 Å². The molecule has 0 saturated carbocycles. The highest BCUT2D eigenvalue weighted by molar-refractivity contribution is 5.99. The van der Waals surface area contributed by atoms with Crippen LogP contribution in [-0.2, 0) is 0 Å². The van der Waals surface area contributed by atoms with Crippen LogP contribution in [0.25, 0.3) is 5.70 Å². The Kier molecular flexibility index (Phi) is 4.05. The van der Waals surface area contributed by atoms with Crippen molar-refractivity contribution in [1.82, 2.24) is 20.1 Å². The van der Waals surface area contributed by atoms with Crippen LogP contribution >= 0.6 is 0 Å².